The molecule has 2 rings (SSSR count). The van der Waals surface area contributed by atoms with Crippen LogP contribution in [-0.4, -0.2) is 23.8 Å². The van der Waals surface area contributed by atoms with E-state index >= 15 is 0 Å². The van der Waals surface area contributed by atoms with E-state index in [0.717, 1.165) is 35.7 Å². The van der Waals surface area contributed by atoms with Crippen molar-refractivity contribution in [3.05, 3.63) is 28.8 Å². The van der Waals surface area contributed by atoms with Gasteiger partial charge in [0.25, 0.3) is 0 Å². The lowest BCUT2D eigenvalue weighted by Gasteiger charge is -2.47. The Bertz CT molecular complexity index is 431. The van der Waals surface area contributed by atoms with E-state index < -0.39 is 0 Å². The Morgan fingerprint density at radius 3 is 2.78 bits per heavy atom. The number of aliphatic hydroxyl groups is 1. The molecule has 1 aliphatic heterocycles. The Balaban J connectivity index is 2.30. The predicted molar refractivity (Wildman–Crippen MR) is 77.4 cm³/mol. The molecule has 0 saturated carbocycles. The number of anilines is 1. The summed E-state index contributed by atoms with van der Waals surface area (Å²) in [5.74, 6) is 0.373. The van der Waals surface area contributed by atoms with Gasteiger partial charge < -0.3 is 10.0 Å². The summed E-state index contributed by atoms with van der Waals surface area (Å²) in [7, 11) is 0. The third kappa shape index (κ3) is 2.65. The van der Waals surface area contributed by atoms with Crippen LogP contribution in [0.25, 0.3) is 0 Å². The van der Waals surface area contributed by atoms with Crippen molar-refractivity contribution >= 4 is 17.3 Å². The van der Waals surface area contributed by atoms with Crippen molar-refractivity contribution in [3.8, 4) is 0 Å². The molecule has 1 atom stereocenters. The van der Waals surface area contributed by atoms with Crippen LogP contribution in [0.15, 0.2) is 18.2 Å². The number of hydrogen-bond donors (Lipinski definition) is 1. The van der Waals surface area contributed by atoms with E-state index in [1.54, 1.807) is 0 Å². The summed E-state index contributed by atoms with van der Waals surface area (Å²) < 4.78 is 0. The minimum absolute atomic E-state index is 0.129. The summed E-state index contributed by atoms with van der Waals surface area (Å²) in [6, 6.07) is 6.23. The van der Waals surface area contributed by atoms with Crippen molar-refractivity contribution < 1.29 is 5.11 Å². The Kier molecular flexibility index (Phi) is 3.88. The molecule has 0 amide bonds. The molecule has 1 fully saturated rings. The molecular formula is C15H22ClNO. The average Bonchev–Trinajstić information content (AvgIpc) is 2.33. The molecule has 0 radical (unpaired) electrons. The smallest absolute Gasteiger partial charge is 0.0476 e. The van der Waals surface area contributed by atoms with Crippen LogP contribution >= 0.6 is 11.6 Å². The molecule has 3 heteroatoms. The zero-order valence-corrected chi connectivity index (χ0v) is 12.2. The second-order valence-corrected chi connectivity index (χ2v) is 6.35. The van der Waals surface area contributed by atoms with Gasteiger partial charge in [0.15, 0.2) is 0 Å². The van der Waals surface area contributed by atoms with Gasteiger partial charge in [-0.25, -0.2) is 0 Å². The van der Waals surface area contributed by atoms with Crippen molar-refractivity contribution in [1.29, 1.82) is 0 Å². The number of aryl methyl sites for hydroxylation is 1. The zero-order chi connectivity index (χ0) is 13.3. The molecule has 1 heterocycles. The first-order valence-electron chi connectivity index (χ1n) is 6.58. The maximum atomic E-state index is 9.37. The Morgan fingerprint density at radius 1 is 1.44 bits per heavy atom. The summed E-state index contributed by atoms with van der Waals surface area (Å²) in [5, 5.41) is 10.2. The van der Waals surface area contributed by atoms with E-state index in [0.29, 0.717) is 5.92 Å². The lowest BCUT2D eigenvalue weighted by molar-refractivity contribution is 0.181. The van der Waals surface area contributed by atoms with Crippen LogP contribution in [0.1, 0.15) is 32.3 Å². The first-order chi connectivity index (χ1) is 8.44. The van der Waals surface area contributed by atoms with Gasteiger partial charge >= 0.3 is 0 Å². The first-order valence-corrected chi connectivity index (χ1v) is 6.96. The highest BCUT2D eigenvalue weighted by Crippen LogP contribution is 2.36. The molecule has 1 unspecified atom stereocenters. The fraction of sp³-hybridized carbons (Fsp3) is 0.600. The van der Waals surface area contributed by atoms with Crippen LogP contribution in [0, 0.1) is 12.8 Å². The lowest BCUT2D eigenvalue weighted by atomic mass is 9.84. The quantitative estimate of drug-likeness (QED) is 0.884. The molecule has 0 spiro atoms. The molecule has 1 aliphatic rings. The zero-order valence-electron chi connectivity index (χ0n) is 11.4. The molecule has 0 aromatic heterocycles. The normalized spacial score (nSPS) is 23.2. The number of nitrogens with zero attached hydrogens (tertiary/aromatic N) is 1. The van der Waals surface area contributed by atoms with Crippen LogP contribution in [0.3, 0.4) is 0 Å². The molecule has 0 bridgehead atoms. The molecule has 1 aromatic carbocycles. The van der Waals surface area contributed by atoms with E-state index in [1.165, 1.54) is 0 Å². The number of benzene rings is 1. The number of piperidine rings is 1. The number of hydrogen-bond acceptors (Lipinski definition) is 2. The third-order valence-corrected chi connectivity index (χ3v) is 4.47. The van der Waals surface area contributed by atoms with E-state index in [9.17, 15) is 5.11 Å². The van der Waals surface area contributed by atoms with Gasteiger partial charge in [-0.15, -0.1) is 0 Å². The fourth-order valence-electron chi connectivity index (χ4n) is 2.64. The van der Waals surface area contributed by atoms with Crippen molar-refractivity contribution in [2.75, 3.05) is 18.1 Å². The topological polar surface area (TPSA) is 23.5 Å². The molecule has 1 saturated heterocycles. The summed E-state index contributed by atoms with van der Waals surface area (Å²) in [4.78, 5) is 2.38. The summed E-state index contributed by atoms with van der Waals surface area (Å²) in [5.41, 5.74) is 2.40. The highest BCUT2D eigenvalue weighted by molar-refractivity contribution is 6.31. The largest absolute Gasteiger partial charge is 0.396 e. The minimum atomic E-state index is 0.129. The van der Waals surface area contributed by atoms with Crippen LogP contribution in [0.5, 0.6) is 0 Å². The maximum absolute atomic E-state index is 9.37. The van der Waals surface area contributed by atoms with Gasteiger partial charge in [-0.3, -0.25) is 0 Å². The second-order valence-electron chi connectivity index (χ2n) is 5.94. The van der Waals surface area contributed by atoms with Crippen molar-refractivity contribution in [3.63, 3.8) is 0 Å². The highest BCUT2D eigenvalue weighted by atomic mass is 35.5. The standard InChI is InChI=1S/C15H22ClNO/c1-11-4-5-13(8-14(11)16)17-9-12(10-18)6-7-15(17,2)3/h4-5,8,12,18H,6-7,9-10H2,1-3H3. The molecule has 18 heavy (non-hydrogen) atoms. The fourth-order valence-corrected chi connectivity index (χ4v) is 2.82. The van der Waals surface area contributed by atoms with Crippen LogP contribution in [0.2, 0.25) is 5.02 Å². The van der Waals surface area contributed by atoms with Gasteiger partial charge in [0.05, 0.1) is 0 Å². The first kappa shape index (κ1) is 13.7. The van der Waals surface area contributed by atoms with Crippen molar-refractivity contribution in [2.24, 2.45) is 5.92 Å². The van der Waals surface area contributed by atoms with Gasteiger partial charge in [-0.2, -0.15) is 0 Å². The number of rotatable bonds is 2. The Labute approximate surface area is 115 Å². The molecular weight excluding hydrogens is 246 g/mol. The highest BCUT2D eigenvalue weighted by Gasteiger charge is 2.34. The number of aliphatic hydroxyl groups excluding tert-OH is 1. The number of halogens is 1. The molecule has 2 nitrogen and oxygen atoms in total. The van der Waals surface area contributed by atoms with Crippen molar-refractivity contribution in [1.82, 2.24) is 0 Å². The van der Waals surface area contributed by atoms with Gasteiger partial charge in [0.1, 0.15) is 0 Å². The summed E-state index contributed by atoms with van der Waals surface area (Å²) in [6.07, 6.45) is 2.20. The molecule has 1 N–H and O–H groups in total. The second kappa shape index (κ2) is 5.10. The lowest BCUT2D eigenvalue weighted by Crippen LogP contribution is -2.51. The maximum Gasteiger partial charge on any atom is 0.0476 e. The van der Waals surface area contributed by atoms with Gasteiger partial charge in [0, 0.05) is 29.4 Å². The van der Waals surface area contributed by atoms with Crippen LogP contribution in [0.4, 0.5) is 5.69 Å². The van der Waals surface area contributed by atoms with Crippen LogP contribution in [-0.2, 0) is 0 Å². The Morgan fingerprint density at radius 2 is 2.17 bits per heavy atom. The summed E-state index contributed by atoms with van der Waals surface area (Å²) in [6.45, 7) is 7.71. The van der Waals surface area contributed by atoms with Gasteiger partial charge in [-0.05, 0) is 57.2 Å². The molecule has 1 aromatic rings. The summed E-state index contributed by atoms with van der Waals surface area (Å²) >= 11 is 6.22. The SMILES string of the molecule is Cc1ccc(N2CC(CO)CCC2(C)C)cc1Cl. The van der Waals surface area contributed by atoms with E-state index in [1.807, 2.05) is 13.0 Å². The van der Waals surface area contributed by atoms with Crippen molar-refractivity contribution in [2.45, 2.75) is 39.2 Å². The molecule has 100 valence electrons. The monoisotopic (exact) mass is 267 g/mol. The minimum Gasteiger partial charge on any atom is -0.396 e. The van der Waals surface area contributed by atoms with E-state index in [4.69, 9.17) is 11.6 Å². The molecule has 0 aliphatic carbocycles. The van der Waals surface area contributed by atoms with E-state index in [2.05, 4.69) is 30.9 Å². The van der Waals surface area contributed by atoms with E-state index in [-0.39, 0.29) is 12.1 Å². The van der Waals surface area contributed by atoms with Gasteiger partial charge in [0.2, 0.25) is 0 Å². The average molecular weight is 268 g/mol. The predicted octanol–water partition coefficient (Wildman–Crippen LogP) is 3.64. The Hall–Kier alpha value is -0.730. The van der Waals surface area contributed by atoms with Crippen LogP contribution < -0.4 is 4.90 Å². The van der Waals surface area contributed by atoms with Gasteiger partial charge in [-0.1, -0.05) is 17.7 Å². The third-order valence-electron chi connectivity index (χ3n) is 4.06.